The summed E-state index contributed by atoms with van der Waals surface area (Å²) >= 11 is 1.70. The molecule has 0 radical (unpaired) electrons. The summed E-state index contributed by atoms with van der Waals surface area (Å²) in [4.78, 5) is 49.5. The van der Waals surface area contributed by atoms with Gasteiger partial charge in [-0.1, -0.05) is 42.5 Å². The van der Waals surface area contributed by atoms with Crippen LogP contribution in [-0.4, -0.2) is 69.5 Å². The van der Waals surface area contributed by atoms with E-state index in [1.54, 1.807) is 38.6 Å². The summed E-state index contributed by atoms with van der Waals surface area (Å²) in [6.07, 6.45) is 6.97. The van der Waals surface area contributed by atoms with E-state index in [1.165, 1.54) is 0 Å². The van der Waals surface area contributed by atoms with E-state index in [4.69, 9.17) is 0 Å². The Hall–Kier alpha value is -3.36. The summed E-state index contributed by atoms with van der Waals surface area (Å²) in [5.74, 6) is -1.48. The first kappa shape index (κ1) is 32.0. The molecule has 3 heterocycles. The molecule has 3 amide bonds. The second-order valence-electron chi connectivity index (χ2n) is 12.6. The summed E-state index contributed by atoms with van der Waals surface area (Å²) in [7, 11) is 0. The summed E-state index contributed by atoms with van der Waals surface area (Å²) in [5.41, 5.74) is 3.61. The number of anilines is 2. The van der Waals surface area contributed by atoms with E-state index in [2.05, 4.69) is 20.1 Å². The second kappa shape index (κ2) is 12.9. The maximum Gasteiger partial charge on any atom is 0.251 e. The summed E-state index contributed by atoms with van der Waals surface area (Å²) in [5, 5.41) is 9.38. The zero-order chi connectivity index (χ0) is 31.6. The zero-order valence-corrected chi connectivity index (χ0v) is 27.0. The first-order valence-electron chi connectivity index (χ1n) is 15.7. The lowest BCUT2D eigenvalue weighted by atomic mass is 9.66. The Bertz CT molecular complexity index is 1430. The van der Waals surface area contributed by atoms with Crippen molar-refractivity contribution in [3.8, 4) is 0 Å². The highest BCUT2D eigenvalue weighted by Crippen LogP contribution is 2.71. The lowest BCUT2D eigenvalue weighted by Crippen LogP contribution is -2.55. The van der Waals surface area contributed by atoms with Gasteiger partial charge >= 0.3 is 0 Å². The fourth-order valence-corrected chi connectivity index (χ4v) is 10.1. The number of benzene rings is 2. The van der Waals surface area contributed by atoms with Gasteiger partial charge in [0.1, 0.15) is 6.04 Å². The number of likely N-dealkylation sites (tertiary alicyclic amines) is 1. The predicted octanol–water partition coefficient (Wildman–Crippen LogP) is 5.69. The van der Waals surface area contributed by atoms with Gasteiger partial charge in [0.05, 0.1) is 16.6 Å². The largest absolute Gasteiger partial charge is 0.396 e. The van der Waals surface area contributed by atoms with Crippen molar-refractivity contribution in [1.82, 2.24) is 4.90 Å². The minimum absolute atomic E-state index is 0.0863. The van der Waals surface area contributed by atoms with Crippen LogP contribution in [0.25, 0.3) is 0 Å². The SMILES string of the molecule is C=CCN(C(=O)[C@@H]1[C@H]2C(=O)N(CCCCCO)C(C(=O)N(CC=C)c3cc(C)ccc3C)C23CC[C@@]1(C)S3)c1ccccc1. The third-order valence-corrected chi connectivity index (χ3v) is 11.7. The van der Waals surface area contributed by atoms with Gasteiger partial charge in [-0.15, -0.1) is 24.9 Å². The number of carbonyl (C=O) groups excluding carboxylic acids is 3. The standard InChI is InChI=1S/C36H45N3O4S/c1-6-20-37(27-14-10-8-11-15-27)32(41)29-30-33(42)39(22-12-9-13-23-40)31(36(30)19-18-35(29,5)44-36)34(43)38(21-7-2)28-24-25(3)16-17-26(28)4/h6-8,10-11,14-17,24,29-31,40H,1-2,9,12-13,18-23H2,3-5H3/t29-,30-,31?,35+,36?/m0/s1. The van der Waals surface area contributed by atoms with E-state index in [0.29, 0.717) is 38.9 Å². The quantitative estimate of drug-likeness (QED) is 0.232. The number of fused-ring (bicyclic) bond motifs is 1. The molecule has 8 heteroatoms. The number of carbonyl (C=O) groups is 3. The van der Waals surface area contributed by atoms with Gasteiger partial charge in [-0.05, 0) is 82.2 Å². The summed E-state index contributed by atoms with van der Waals surface area (Å²) < 4.78 is -1.19. The third-order valence-electron chi connectivity index (χ3n) is 9.71. The maximum atomic E-state index is 14.9. The Labute approximate surface area is 266 Å². The summed E-state index contributed by atoms with van der Waals surface area (Å²) in [6, 6.07) is 14.9. The minimum Gasteiger partial charge on any atom is -0.396 e. The fraction of sp³-hybridized carbons (Fsp3) is 0.472. The van der Waals surface area contributed by atoms with Crippen LogP contribution in [0.5, 0.6) is 0 Å². The van der Waals surface area contributed by atoms with Crippen LogP contribution in [0.1, 0.15) is 50.2 Å². The van der Waals surface area contributed by atoms with Gasteiger partial charge in [0.25, 0.3) is 5.91 Å². The summed E-state index contributed by atoms with van der Waals surface area (Å²) in [6.45, 7) is 15.1. The number of thioether (sulfide) groups is 1. The Morgan fingerprint density at radius 3 is 2.39 bits per heavy atom. The first-order valence-corrected chi connectivity index (χ1v) is 16.5. The van der Waals surface area contributed by atoms with E-state index in [9.17, 15) is 19.5 Å². The normalized spacial score (nSPS) is 26.9. The van der Waals surface area contributed by atoms with Crippen LogP contribution in [0.4, 0.5) is 11.4 Å². The van der Waals surface area contributed by atoms with Crippen LogP contribution in [0.2, 0.25) is 0 Å². The fourth-order valence-electron chi connectivity index (χ4n) is 7.71. The molecule has 1 N–H and O–H groups in total. The van der Waals surface area contributed by atoms with Crippen LogP contribution in [0, 0.1) is 25.7 Å². The van der Waals surface area contributed by atoms with Crippen molar-refractivity contribution in [2.24, 2.45) is 11.8 Å². The molecule has 3 aliphatic heterocycles. The number of hydrogen-bond donors (Lipinski definition) is 1. The monoisotopic (exact) mass is 615 g/mol. The molecule has 1 spiro atoms. The van der Waals surface area contributed by atoms with Gasteiger partial charge in [-0.2, -0.15) is 0 Å². The topological polar surface area (TPSA) is 81.2 Å². The van der Waals surface area contributed by atoms with E-state index in [1.807, 2.05) is 62.4 Å². The van der Waals surface area contributed by atoms with Gasteiger partial charge in [-0.3, -0.25) is 14.4 Å². The van der Waals surface area contributed by atoms with E-state index in [0.717, 1.165) is 35.3 Å². The molecule has 7 nitrogen and oxygen atoms in total. The van der Waals surface area contributed by atoms with Crippen LogP contribution >= 0.6 is 11.8 Å². The Kier molecular flexibility index (Phi) is 9.42. The number of aliphatic hydroxyl groups is 1. The molecule has 3 saturated heterocycles. The lowest BCUT2D eigenvalue weighted by molar-refractivity contribution is -0.139. The molecule has 0 saturated carbocycles. The number of hydrogen-bond acceptors (Lipinski definition) is 5. The first-order chi connectivity index (χ1) is 21.1. The molecule has 2 aromatic carbocycles. The van der Waals surface area contributed by atoms with Gasteiger partial charge in [0.2, 0.25) is 11.8 Å². The maximum absolute atomic E-state index is 14.9. The zero-order valence-electron chi connectivity index (χ0n) is 26.2. The molecule has 2 aromatic rings. The lowest BCUT2D eigenvalue weighted by Gasteiger charge is -2.38. The van der Waals surface area contributed by atoms with Crippen molar-refractivity contribution in [3.05, 3.63) is 85.0 Å². The van der Waals surface area contributed by atoms with Crippen molar-refractivity contribution in [1.29, 1.82) is 0 Å². The molecule has 3 fully saturated rings. The van der Waals surface area contributed by atoms with Crippen molar-refractivity contribution >= 4 is 40.9 Å². The van der Waals surface area contributed by atoms with Crippen LogP contribution < -0.4 is 9.80 Å². The van der Waals surface area contributed by atoms with Crippen LogP contribution in [-0.2, 0) is 14.4 Å². The number of nitrogens with zero attached hydrogens (tertiary/aromatic N) is 3. The Morgan fingerprint density at radius 2 is 1.70 bits per heavy atom. The third kappa shape index (κ3) is 5.40. The van der Waals surface area contributed by atoms with Crippen molar-refractivity contribution in [2.75, 3.05) is 36.0 Å². The molecule has 0 aliphatic carbocycles. The van der Waals surface area contributed by atoms with Gasteiger partial charge in [0.15, 0.2) is 0 Å². The van der Waals surface area contributed by atoms with Crippen LogP contribution in [0.3, 0.4) is 0 Å². The highest BCUT2D eigenvalue weighted by Gasteiger charge is 2.77. The highest BCUT2D eigenvalue weighted by atomic mass is 32.2. The molecule has 5 atom stereocenters. The number of para-hydroxylation sites is 1. The average Bonchev–Trinajstić information content (AvgIpc) is 3.58. The van der Waals surface area contributed by atoms with Crippen molar-refractivity contribution in [2.45, 2.75) is 68.4 Å². The molecule has 3 aliphatic rings. The molecule has 44 heavy (non-hydrogen) atoms. The number of amides is 3. The number of unbranched alkanes of at least 4 members (excludes halogenated alkanes) is 2. The predicted molar refractivity (Wildman–Crippen MR) is 179 cm³/mol. The molecule has 0 aromatic heterocycles. The number of aryl methyl sites for hydroxylation is 2. The van der Waals surface area contributed by atoms with Crippen molar-refractivity contribution < 1.29 is 19.5 Å². The smallest absolute Gasteiger partial charge is 0.251 e. The Morgan fingerprint density at radius 1 is 1.00 bits per heavy atom. The van der Waals surface area contributed by atoms with Gasteiger partial charge < -0.3 is 19.8 Å². The van der Waals surface area contributed by atoms with Crippen molar-refractivity contribution in [3.63, 3.8) is 0 Å². The average molecular weight is 616 g/mol. The van der Waals surface area contributed by atoms with E-state index < -0.39 is 27.4 Å². The van der Waals surface area contributed by atoms with E-state index in [-0.39, 0.29) is 24.3 Å². The Balaban J connectivity index is 1.59. The molecular weight excluding hydrogens is 570 g/mol. The molecule has 5 rings (SSSR count). The molecule has 2 bridgehead atoms. The van der Waals surface area contributed by atoms with Gasteiger partial charge in [-0.25, -0.2) is 0 Å². The molecule has 2 unspecified atom stereocenters. The molecular formula is C36H45N3O4S. The molecule has 234 valence electrons. The van der Waals surface area contributed by atoms with Gasteiger partial charge in [0, 0.05) is 42.4 Å². The second-order valence-corrected chi connectivity index (χ2v) is 14.5. The van der Waals surface area contributed by atoms with E-state index >= 15 is 0 Å². The minimum atomic E-state index is -0.714. The highest BCUT2D eigenvalue weighted by molar-refractivity contribution is 8.02. The number of aliphatic hydroxyl groups excluding tert-OH is 1. The van der Waals surface area contributed by atoms with Crippen LogP contribution in [0.15, 0.2) is 73.8 Å². The number of rotatable bonds is 13.